The molecule has 0 heterocycles. The number of halogens is 1. The molecule has 0 aliphatic heterocycles. The summed E-state index contributed by atoms with van der Waals surface area (Å²) in [6, 6.07) is 22.1. The Kier molecular flexibility index (Phi) is 11.6. The SMILES string of the molecule is CCOc1ccc(N(CC(=O)N(Cc2ccccc2Cl)C(Cc2ccccc2)C(=O)NCC(C)C)S(C)(=O)=O)cc1. The summed E-state index contributed by atoms with van der Waals surface area (Å²) < 4.78 is 32.3. The Morgan fingerprint density at radius 3 is 2.17 bits per heavy atom. The highest BCUT2D eigenvalue weighted by Crippen LogP contribution is 2.24. The van der Waals surface area contributed by atoms with Gasteiger partial charge in [-0.15, -0.1) is 0 Å². The summed E-state index contributed by atoms with van der Waals surface area (Å²) in [5.41, 5.74) is 1.82. The van der Waals surface area contributed by atoms with Crippen LogP contribution < -0.4 is 14.4 Å². The number of anilines is 1. The molecule has 0 bridgehead atoms. The zero-order valence-electron chi connectivity index (χ0n) is 23.9. The predicted octanol–water partition coefficient (Wildman–Crippen LogP) is 4.92. The lowest BCUT2D eigenvalue weighted by atomic mass is 10.0. The van der Waals surface area contributed by atoms with Gasteiger partial charge in [0.05, 0.1) is 18.6 Å². The molecule has 0 spiro atoms. The van der Waals surface area contributed by atoms with Crippen LogP contribution in [-0.4, -0.2) is 57.1 Å². The number of rotatable bonds is 14. The van der Waals surface area contributed by atoms with E-state index in [0.717, 1.165) is 16.1 Å². The highest BCUT2D eigenvalue weighted by molar-refractivity contribution is 7.92. The molecule has 3 rings (SSSR count). The van der Waals surface area contributed by atoms with E-state index in [-0.39, 0.29) is 24.8 Å². The van der Waals surface area contributed by atoms with Gasteiger partial charge < -0.3 is 15.0 Å². The predicted molar refractivity (Wildman–Crippen MR) is 164 cm³/mol. The Balaban J connectivity index is 2.03. The molecule has 2 amide bonds. The average Bonchev–Trinajstić information content (AvgIpc) is 2.93. The number of hydrogen-bond acceptors (Lipinski definition) is 5. The number of sulfonamides is 1. The first-order valence-corrected chi connectivity index (χ1v) is 15.8. The lowest BCUT2D eigenvalue weighted by molar-refractivity contribution is -0.140. The summed E-state index contributed by atoms with van der Waals surface area (Å²) in [5, 5.41) is 3.40. The highest BCUT2D eigenvalue weighted by Gasteiger charge is 2.33. The van der Waals surface area contributed by atoms with Crippen LogP contribution in [-0.2, 0) is 32.6 Å². The lowest BCUT2D eigenvalue weighted by Crippen LogP contribution is -2.53. The van der Waals surface area contributed by atoms with E-state index in [1.807, 2.05) is 51.1 Å². The van der Waals surface area contributed by atoms with Crippen molar-refractivity contribution in [2.75, 3.05) is 30.3 Å². The fourth-order valence-electron chi connectivity index (χ4n) is 4.28. The number of carbonyl (C=O) groups is 2. The van der Waals surface area contributed by atoms with Gasteiger partial charge in [0.1, 0.15) is 18.3 Å². The second-order valence-electron chi connectivity index (χ2n) is 10.2. The summed E-state index contributed by atoms with van der Waals surface area (Å²) in [7, 11) is -3.86. The molecule has 1 unspecified atom stereocenters. The van der Waals surface area contributed by atoms with Crippen LogP contribution >= 0.6 is 11.6 Å². The van der Waals surface area contributed by atoms with Crippen molar-refractivity contribution in [3.05, 3.63) is 95.0 Å². The molecule has 220 valence electrons. The van der Waals surface area contributed by atoms with Crippen molar-refractivity contribution in [3.63, 3.8) is 0 Å². The third kappa shape index (κ3) is 9.50. The number of carbonyl (C=O) groups excluding carboxylic acids is 2. The average molecular weight is 600 g/mol. The molecule has 8 nitrogen and oxygen atoms in total. The van der Waals surface area contributed by atoms with E-state index in [1.54, 1.807) is 48.5 Å². The van der Waals surface area contributed by atoms with Gasteiger partial charge in [-0.3, -0.25) is 13.9 Å². The molecular weight excluding hydrogens is 562 g/mol. The minimum atomic E-state index is -3.86. The summed E-state index contributed by atoms with van der Waals surface area (Å²) in [4.78, 5) is 29.2. The molecule has 1 N–H and O–H groups in total. The van der Waals surface area contributed by atoms with E-state index in [9.17, 15) is 18.0 Å². The first-order chi connectivity index (χ1) is 19.5. The third-order valence-electron chi connectivity index (χ3n) is 6.37. The van der Waals surface area contributed by atoms with Crippen LogP contribution in [0.2, 0.25) is 5.02 Å². The van der Waals surface area contributed by atoms with Gasteiger partial charge in [0.25, 0.3) is 0 Å². The van der Waals surface area contributed by atoms with Crippen LogP contribution in [0.15, 0.2) is 78.9 Å². The molecule has 0 aromatic heterocycles. The van der Waals surface area contributed by atoms with Gasteiger partial charge in [-0.1, -0.05) is 74.0 Å². The Morgan fingerprint density at radius 1 is 0.951 bits per heavy atom. The Bertz CT molecular complexity index is 1400. The van der Waals surface area contributed by atoms with E-state index in [2.05, 4.69) is 5.32 Å². The summed E-state index contributed by atoms with van der Waals surface area (Å²) in [5.74, 6) is -0.0784. The van der Waals surface area contributed by atoms with Crippen molar-refractivity contribution in [3.8, 4) is 5.75 Å². The smallest absolute Gasteiger partial charge is 0.244 e. The van der Waals surface area contributed by atoms with Gasteiger partial charge in [-0.05, 0) is 54.3 Å². The van der Waals surface area contributed by atoms with E-state index in [0.29, 0.717) is 35.2 Å². The molecule has 0 aliphatic carbocycles. The van der Waals surface area contributed by atoms with E-state index >= 15 is 0 Å². The highest BCUT2D eigenvalue weighted by atomic mass is 35.5. The molecule has 0 saturated carbocycles. The minimum absolute atomic E-state index is 0.0198. The molecule has 0 saturated heterocycles. The Hall–Kier alpha value is -3.56. The van der Waals surface area contributed by atoms with E-state index < -0.39 is 28.5 Å². The molecule has 3 aromatic carbocycles. The molecule has 0 aliphatic rings. The van der Waals surface area contributed by atoms with Crippen LogP contribution in [0.4, 0.5) is 5.69 Å². The van der Waals surface area contributed by atoms with Crippen LogP contribution in [0.25, 0.3) is 0 Å². The van der Waals surface area contributed by atoms with E-state index in [1.165, 1.54) is 4.90 Å². The zero-order chi connectivity index (χ0) is 30.0. The Labute approximate surface area is 248 Å². The molecule has 0 radical (unpaired) electrons. The fraction of sp³-hybridized carbons (Fsp3) is 0.355. The van der Waals surface area contributed by atoms with Crippen molar-refractivity contribution in [1.82, 2.24) is 10.2 Å². The number of nitrogens with zero attached hydrogens (tertiary/aromatic N) is 2. The first-order valence-electron chi connectivity index (χ1n) is 13.5. The van der Waals surface area contributed by atoms with E-state index in [4.69, 9.17) is 16.3 Å². The molecule has 3 aromatic rings. The van der Waals surface area contributed by atoms with Crippen LogP contribution in [0.1, 0.15) is 31.9 Å². The van der Waals surface area contributed by atoms with Gasteiger partial charge >= 0.3 is 0 Å². The van der Waals surface area contributed by atoms with Crippen LogP contribution in [0, 0.1) is 5.92 Å². The summed E-state index contributed by atoms with van der Waals surface area (Å²) in [6.45, 7) is 6.24. The number of benzene rings is 3. The minimum Gasteiger partial charge on any atom is -0.494 e. The topological polar surface area (TPSA) is 96.0 Å². The van der Waals surface area contributed by atoms with Crippen molar-refractivity contribution in [1.29, 1.82) is 0 Å². The number of ether oxygens (including phenoxy) is 1. The molecule has 41 heavy (non-hydrogen) atoms. The standard InChI is InChI=1S/C31H38ClN3O5S/c1-5-40-27-17-15-26(16-18-27)35(41(4,38)39)22-30(36)34(21-25-13-9-10-14-28(25)32)29(31(37)33-20-23(2)3)19-24-11-7-6-8-12-24/h6-18,23,29H,5,19-22H2,1-4H3,(H,33,37). The number of amides is 2. The second-order valence-corrected chi connectivity index (χ2v) is 12.5. The summed E-state index contributed by atoms with van der Waals surface area (Å²) in [6.07, 6.45) is 1.29. The lowest BCUT2D eigenvalue weighted by Gasteiger charge is -2.34. The maximum atomic E-state index is 14.1. The zero-order valence-corrected chi connectivity index (χ0v) is 25.5. The van der Waals surface area contributed by atoms with Crippen molar-refractivity contribution in [2.45, 2.75) is 39.8 Å². The number of hydrogen-bond donors (Lipinski definition) is 1. The van der Waals surface area contributed by atoms with Crippen molar-refractivity contribution >= 4 is 39.1 Å². The summed E-state index contributed by atoms with van der Waals surface area (Å²) >= 11 is 6.48. The van der Waals surface area contributed by atoms with Gasteiger partial charge in [0, 0.05) is 24.5 Å². The maximum absolute atomic E-state index is 14.1. The largest absolute Gasteiger partial charge is 0.494 e. The molecular formula is C31H38ClN3O5S. The third-order valence-corrected chi connectivity index (χ3v) is 7.88. The monoisotopic (exact) mass is 599 g/mol. The van der Waals surface area contributed by atoms with Gasteiger partial charge in [0.2, 0.25) is 21.8 Å². The molecule has 0 fully saturated rings. The van der Waals surface area contributed by atoms with Crippen molar-refractivity contribution < 1.29 is 22.7 Å². The second kappa shape index (κ2) is 14.9. The fourth-order valence-corrected chi connectivity index (χ4v) is 5.32. The van der Waals surface area contributed by atoms with Gasteiger partial charge in [-0.25, -0.2) is 8.42 Å². The van der Waals surface area contributed by atoms with Crippen molar-refractivity contribution in [2.24, 2.45) is 5.92 Å². The Morgan fingerprint density at radius 2 is 1.59 bits per heavy atom. The van der Waals surface area contributed by atoms with Crippen LogP contribution in [0.5, 0.6) is 5.75 Å². The first kappa shape index (κ1) is 32.0. The van der Waals surface area contributed by atoms with Crippen LogP contribution in [0.3, 0.4) is 0 Å². The number of nitrogens with one attached hydrogen (secondary N) is 1. The van der Waals surface area contributed by atoms with Gasteiger partial charge in [-0.2, -0.15) is 0 Å². The maximum Gasteiger partial charge on any atom is 0.244 e. The normalized spacial score (nSPS) is 12.0. The quantitative estimate of drug-likeness (QED) is 0.284. The molecule has 10 heteroatoms. The molecule has 1 atom stereocenters. The van der Waals surface area contributed by atoms with Gasteiger partial charge in [0.15, 0.2) is 0 Å².